The van der Waals surface area contributed by atoms with Gasteiger partial charge in [-0.15, -0.1) is 0 Å². The van der Waals surface area contributed by atoms with Crippen molar-refractivity contribution < 1.29 is 0 Å². The number of hydrogen-bond acceptors (Lipinski definition) is 0. The van der Waals surface area contributed by atoms with Gasteiger partial charge in [-0.1, -0.05) is 133 Å². The maximum Gasteiger partial charge on any atom is 0.0783 e. The quantitative estimate of drug-likeness (QED) is 0.137. The van der Waals surface area contributed by atoms with Crippen LogP contribution in [0.15, 0.2) is 170 Å². The molecule has 17 aromatic rings. The average Bonchev–Trinajstić information content (AvgIpc) is 4.14. The van der Waals surface area contributed by atoms with Gasteiger partial charge in [0.25, 0.3) is 0 Å². The Morgan fingerprint density at radius 1 is 0.167 bits per heavy atom. The van der Waals surface area contributed by atoms with Crippen molar-refractivity contribution in [3.05, 3.63) is 170 Å². The molecule has 4 heteroatoms. The first-order valence-corrected chi connectivity index (χ1v) is 21.0. The summed E-state index contributed by atoms with van der Waals surface area (Å²) in [5, 5.41) is 20.9. The molecule has 0 radical (unpaired) electrons. The van der Waals surface area contributed by atoms with Crippen LogP contribution in [0.25, 0.3) is 152 Å². The predicted octanol–water partition coefficient (Wildman–Crippen LogP) is 14.8. The van der Waals surface area contributed by atoms with Crippen LogP contribution in [0.1, 0.15) is 0 Å². The van der Waals surface area contributed by atoms with Crippen LogP contribution in [0.5, 0.6) is 0 Å². The van der Waals surface area contributed by atoms with Gasteiger partial charge >= 0.3 is 0 Å². The van der Waals surface area contributed by atoms with E-state index in [4.69, 9.17) is 0 Å². The highest BCUT2D eigenvalue weighted by molar-refractivity contribution is 6.35. The number of rotatable bonds is 0. The lowest BCUT2D eigenvalue weighted by molar-refractivity contribution is 1.26. The van der Waals surface area contributed by atoms with Gasteiger partial charge in [-0.3, -0.25) is 0 Å². The Labute approximate surface area is 338 Å². The van der Waals surface area contributed by atoms with E-state index in [-0.39, 0.29) is 0 Å². The number of aromatic nitrogens is 4. The van der Waals surface area contributed by atoms with Gasteiger partial charge in [-0.2, -0.15) is 0 Å². The summed E-state index contributed by atoms with van der Waals surface area (Å²) in [6.07, 6.45) is 0. The molecule has 4 nitrogen and oxygen atoms in total. The molecule has 272 valence electrons. The third-order valence-electron chi connectivity index (χ3n) is 14.7. The number of fused-ring (bicyclic) bond motifs is 26. The lowest BCUT2D eigenvalue weighted by Gasteiger charge is -2.11. The lowest BCUT2D eigenvalue weighted by atomic mass is 10.00. The highest BCUT2D eigenvalue weighted by atomic mass is 15.0. The fourth-order valence-electron chi connectivity index (χ4n) is 12.6. The van der Waals surface area contributed by atoms with E-state index >= 15 is 0 Å². The Kier molecular flexibility index (Phi) is 4.59. The molecule has 7 aromatic heterocycles. The molecule has 0 atom stereocenters. The Hall–Kier alpha value is -8.08. The second-order valence-corrected chi connectivity index (χ2v) is 17.2. The third-order valence-corrected chi connectivity index (χ3v) is 14.7. The van der Waals surface area contributed by atoms with Gasteiger partial charge in [0.2, 0.25) is 0 Å². The van der Waals surface area contributed by atoms with Gasteiger partial charge in [0.1, 0.15) is 0 Å². The summed E-state index contributed by atoms with van der Waals surface area (Å²) in [6.45, 7) is 0. The average molecular weight is 757 g/mol. The fraction of sp³-hybridized carbons (Fsp3) is 0. The van der Waals surface area contributed by atoms with Crippen molar-refractivity contribution in [2.24, 2.45) is 0 Å². The van der Waals surface area contributed by atoms with E-state index in [1.807, 2.05) is 0 Å². The van der Waals surface area contributed by atoms with E-state index in [2.05, 4.69) is 187 Å². The molecule has 0 unspecified atom stereocenters. The molecule has 0 saturated heterocycles. The van der Waals surface area contributed by atoms with E-state index in [0.29, 0.717) is 0 Å². The number of benzene rings is 10. The standard InChI is InChI=1S/C56H28N4/c1-3-17-43-29(9-1)33-11-5-13-35-39-23-21-31-37(53(39)59(43)51(33)35)25-27-45-49(31)41-15-7-19-47-55(41)57(45)48-20-8-16-42-50-32-22-24-40-36-14-6-12-34-30-10-2-4-18-44(30)60(52(34)36)54(40)38(32)26-28-46(50)58(47)56(42)48/h1-28H. The molecule has 60 heavy (non-hydrogen) atoms. The molecule has 0 aliphatic carbocycles. The zero-order valence-corrected chi connectivity index (χ0v) is 32.0. The topological polar surface area (TPSA) is 17.6 Å². The van der Waals surface area contributed by atoms with Crippen LogP contribution < -0.4 is 0 Å². The van der Waals surface area contributed by atoms with Gasteiger partial charge < -0.3 is 17.6 Å². The van der Waals surface area contributed by atoms with Crippen molar-refractivity contribution in [2.75, 3.05) is 0 Å². The van der Waals surface area contributed by atoms with Crippen LogP contribution in [0.3, 0.4) is 0 Å². The van der Waals surface area contributed by atoms with Crippen molar-refractivity contribution in [2.45, 2.75) is 0 Å². The molecule has 0 spiro atoms. The summed E-state index contributed by atoms with van der Waals surface area (Å²) in [5.41, 5.74) is 15.2. The van der Waals surface area contributed by atoms with E-state index in [1.54, 1.807) is 0 Å². The Bertz CT molecular complexity index is 4510. The van der Waals surface area contributed by atoms with Crippen molar-refractivity contribution >= 4 is 152 Å². The van der Waals surface area contributed by atoms with E-state index in [1.165, 1.54) is 152 Å². The first-order valence-electron chi connectivity index (χ1n) is 21.0. The Morgan fingerprint density at radius 3 is 0.933 bits per heavy atom. The van der Waals surface area contributed by atoms with Crippen molar-refractivity contribution in [1.29, 1.82) is 0 Å². The van der Waals surface area contributed by atoms with Crippen molar-refractivity contribution in [1.82, 2.24) is 17.6 Å². The fourth-order valence-corrected chi connectivity index (χ4v) is 12.6. The van der Waals surface area contributed by atoms with Crippen LogP contribution >= 0.6 is 0 Å². The summed E-state index contributed by atoms with van der Waals surface area (Å²) in [4.78, 5) is 0. The maximum atomic E-state index is 2.56. The van der Waals surface area contributed by atoms with Crippen LogP contribution in [0, 0.1) is 0 Å². The van der Waals surface area contributed by atoms with Crippen molar-refractivity contribution in [3.63, 3.8) is 0 Å². The first kappa shape index (κ1) is 29.2. The zero-order chi connectivity index (χ0) is 38.3. The minimum Gasteiger partial charge on any atom is -0.307 e. The van der Waals surface area contributed by atoms with Gasteiger partial charge in [0, 0.05) is 75.4 Å². The molecule has 17 rings (SSSR count). The Balaban J connectivity index is 1.04. The summed E-state index contributed by atoms with van der Waals surface area (Å²) < 4.78 is 10.2. The third kappa shape index (κ3) is 2.93. The van der Waals surface area contributed by atoms with Crippen LogP contribution in [0.2, 0.25) is 0 Å². The minimum atomic E-state index is 1.23. The maximum absolute atomic E-state index is 2.56. The highest BCUT2D eigenvalue weighted by Crippen LogP contribution is 2.48. The molecule has 0 fully saturated rings. The molecular formula is C56H28N4. The summed E-state index contributed by atoms with van der Waals surface area (Å²) in [5.74, 6) is 0. The van der Waals surface area contributed by atoms with Gasteiger partial charge in [0.05, 0.1) is 66.2 Å². The van der Waals surface area contributed by atoms with Gasteiger partial charge in [-0.05, 0) is 47.2 Å². The molecule has 0 aliphatic heterocycles. The summed E-state index contributed by atoms with van der Waals surface area (Å²) in [7, 11) is 0. The Morgan fingerprint density at radius 2 is 0.467 bits per heavy atom. The SMILES string of the molecule is c1ccc2c(c1)c1cccc3c4ccc5c(ccc6c5c5cccc7c5n6c5cccc6c8c9ccc%10c%11cccc%12c%13ccccc%13n(c%10c9ccc8n7c65)c%12%11)c4n2c13. The van der Waals surface area contributed by atoms with Crippen molar-refractivity contribution in [3.8, 4) is 0 Å². The number of para-hydroxylation sites is 6. The molecule has 0 N–H and O–H groups in total. The minimum absolute atomic E-state index is 1.23. The molecule has 0 aliphatic rings. The van der Waals surface area contributed by atoms with Crippen LogP contribution in [0.4, 0.5) is 0 Å². The normalized spacial score (nSPS) is 13.3. The monoisotopic (exact) mass is 756 g/mol. The summed E-state index contributed by atoms with van der Waals surface area (Å²) >= 11 is 0. The summed E-state index contributed by atoms with van der Waals surface area (Å²) in [6, 6.07) is 64.3. The van der Waals surface area contributed by atoms with Crippen LogP contribution in [-0.4, -0.2) is 17.6 Å². The van der Waals surface area contributed by atoms with Gasteiger partial charge in [-0.25, -0.2) is 0 Å². The first-order chi connectivity index (χ1) is 29.8. The van der Waals surface area contributed by atoms with E-state index in [9.17, 15) is 0 Å². The van der Waals surface area contributed by atoms with E-state index in [0.717, 1.165) is 0 Å². The number of nitrogens with zero attached hydrogens (tertiary/aromatic N) is 4. The molecule has 0 amide bonds. The predicted molar refractivity (Wildman–Crippen MR) is 254 cm³/mol. The lowest BCUT2D eigenvalue weighted by Crippen LogP contribution is -1.96. The molecule has 10 aromatic carbocycles. The zero-order valence-electron chi connectivity index (χ0n) is 32.0. The molecule has 0 saturated carbocycles. The largest absolute Gasteiger partial charge is 0.307 e. The molecular weight excluding hydrogens is 729 g/mol. The molecule has 0 bridgehead atoms. The van der Waals surface area contributed by atoms with Crippen LogP contribution in [-0.2, 0) is 0 Å². The van der Waals surface area contributed by atoms with E-state index < -0.39 is 0 Å². The number of hydrogen-bond donors (Lipinski definition) is 0. The second-order valence-electron chi connectivity index (χ2n) is 17.2. The smallest absolute Gasteiger partial charge is 0.0783 e. The second kappa shape index (κ2) is 9.44. The molecule has 7 heterocycles. The van der Waals surface area contributed by atoms with Gasteiger partial charge in [0.15, 0.2) is 0 Å². The highest BCUT2D eigenvalue weighted by Gasteiger charge is 2.26.